The van der Waals surface area contributed by atoms with Crippen molar-refractivity contribution in [1.82, 2.24) is 5.43 Å². The number of hydrogen-bond acceptors (Lipinski definition) is 3. The number of nitrogens with one attached hydrogen (secondary N) is 1. The molecule has 0 saturated heterocycles. The van der Waals surface area contributed by atoms with Crippen LogP contribution in [-0.2, 0) is 0 Å². The summed E-state index contributed by atoms with van der Waals surface area (Å²) in [7, 11) is 0. The predicted octanol–water partition coefficient (Wildman–Crippen LogP) is 1.02. The van der Waals surface area contributed by atoms with Crippen LogP contribution >= 0.6 is 0 Å². The smallest absolute Gasteiger partial charge is 0.307 e. The summed E-state index contributed by atoms with van der Waals surface area (Å²) >= 11 is 0. The van der Waals surface area contributed by atoms with E-state index >= 15 is 0 Å². The van der Waals surface area contributed by atoms with Crippen LogP contribution < -0.4 is 5.43 Å². The maximum Gasteiger partial charge on any atom is 0.307 e. The first kappa shape index (κ1) is 7.53. The largest absolute Gasteiger partial charge is 0.459 e. The molecule has 0 radical (unpaired) electrons. The molecule has 1 rings (SSSR count). The van der Waals surface area contributed by atoms with E-state index in [-0.39, 0.29) is 11.7 Å². The Labute approximate surface area is 63.9 Å². The second-order valence-corrected chi connectivity index (χ2v) is 1.81. The van der Waals surface area contributed by atoms with Crippen LogP contribution in [0.2, 0.25) is 0 Å². The SMILES string of the molecule is CC=NNC(=O)c1ccco1. The lowest BCUT2D eigenvalue weighted by atomic mass is 10.4. The average Bonchev–Trinajstić information content (AvgIpc) is 2.52. The highest BCUT2D eigenvalue weighted by Crippen LogP contribution is 1.98. The monoisotopic (exact) mass is 152 g/mol. The number of hydrogen-bond donors (Lipinski definition) is 1. The number of carbonyl (C=O) groups is 1. The van der Waals surface area contributed by atoms with Crippen LogP contribution in [0.25, 0.3) is 0 Å². The van der Waals surface area contributed by atoms with Crippen molar-refractivity contribution in [3.8, 4) is 0 Å². The Morgan fingerprint density at radius 3 is 3.18 bits per heavy atom. The van der Waals surface area contributed by atoms with Gasteiger partial charge in [0.05, 0.1) is 6.26 Å². The van der Waals surface area contributed by atoms with Crippen LogP contribution in [0, 0.1) is 0 Å². The van der Waals surface area contributed by atoms with E-state index in [2.05, 4.69) is 10.5 Å². The van der Waals surface area contributed by atoms with Gasteiger partial charge in [-0.3, -0.25) is 4.79 Å². The molecule has 0 saturated carbocycles. The molecule has 4 heteroatoms. The summed E-state index contributed by atoms with van der Waals surface area (Å²) in [5, 5.41) is 3.54. The van der Waals surface area contributed by atoms with Crippen LogP contribution in [0.3, 0.4) is 0 Å². The Kier molecular flexibility index (Phi) is 2.43. The van der Waals surface area contributed by atoms with Gasteiger partial charge < -0.3 is 4.42 Å². The van der Waals surface area contributed by atoms with E-state index in [1.165, 1.54) is 12.5 Å². The van der Waals surface area contributed by atoms with E-state index in [0.29, 0.717) is 0 Å². The topological polar surface area (TPSA) is 54.6 Å². The Bertz CT molecular complexity index is 251. The Balaban J connectivity index is 2.56. The van der Waals surface area contributed by atoms with Crippen LogP contribution in [0.1, 0.15) is 17.5 Å². The molecule has 0 aliphatic carbocycles. The average molecular weight is 152 g/mol. The third-order valence-corrected chi connectivity index (χ3v) is 1.04. The fourth-order valence-corrected chi connectivity index (χ4v) is 0.586. The third kappa shape index (κ3) is 1.93. The molecule has 1 amide bonds. The molecule has 0 aliphatic heterocycles. The summed E-state index contributed by atoms with van der Waals surface area (Å²) < 4.78 is 4.81. The molecule has 1 heterocycles. The Morgan fingerprint density at radius 2 is 2.64 bits per heavy atom. The minimum absolute atomic E-state index is 0.260. The zero-order chi connectivity index (χ0) is 8.10. The molecule has 1 aromatic heterocycles. The van der Waals surface area contributed by atoms with Crippen molar-refractivity contribution in [3.05, 3.63) is 24.2 Å². The van der Waals surface area contributed by atoms with Crippen molar-refractivity contribution < 1.29 is 9.21 Å². The van der Waals surface area contributed by atoms with Crippen LogP contribution in [0.4, 0.5) is 0 Å². The fourth-order valence-electron chi connectivity index (χ4n) is 0.586. The van der Waals surface area contributed by atoms with E-state index in [1.54, 1.807) is 19.1 Å². The second-order valence-electron chi connectivity index (χ2n) is 1.81. The highest BCUT2D eigenvalue weighted by molar-refractivity contribution is 5.91. The highest BCUT2D eigenvalue weighted by atomic mass is 16.3. The van der Waals surface area contributed by atoms with E-state index in [0.717, 1.165) is 0 Å². The highest BCUT2D eigenvalue weighted by Gasteiger charge is 2.04. The lowest BCUT2D eigenvalue weighted by Crippen LogP contribution is -2.16. The molecule has 11 heavy (non-hydrogen) atoms. The first-order chi connectivity index (χ1) is 5.34. The standard InChI is InChI=1S/C7H8N2O2/c1-2-8-9-7(10)6-4-3-5-11-6/h2-5H,1H3,(H,9,10). The van der Waals surface area contributed by atoms with Crippen molar-refractivity contribution in [2.24, 2.45) is 5.10 Å². The summed E-state index contributed by atoms with van der Waals surface area (Å²) in [5.74, 6) is -0.0799. The van der Waals surface area contributed by atoms with Crippen LogP contribution in [0.5, 0.6) is 0 Å². The first-order valence-corrected chi connectivity index (χ1v) is 3.16. The molecule has 1 aromatic rings. The number of hydrazone groups is 1. The molecular formula is C7H8N2O2. The van der Waals surface area contributed by atoms with Gasteiger partial charge in [-0.15, -0.1) is 0 Å². The fraction of sp³-hybridized carbons (Fsp3) is 0.143. The van der Waals surface area contributed by atoms with Gasteiger partial charge >= 0.3 is 5.91 Å². The normalized spacial score (nSPS) is 10.3. The summed E-state index contributed by atoms with van der Waals surface area (Å²) in [4.78, 5) is 10.9. The van der Waals surface area contributed by atoms with E-state index in [1.807, 2.05) is 0 Å². The van der Waals surface area contributed by atoms with Crippen LogP contribution in [-0.4, -0.2) is 12.1 Å². The summed E-state index contributed by atoms with van der Waals surface area (Å²) in [6.07, 6.45) is 2.92. The van der Waals surface area contributed by atoms with Gasteiger partial charge in [0.15, 0.2) is 5.76 Å². The van der Waals surface area contributed by atoms with Gasteiger partial charge in [-0.25, -0.2) is 5.43 Å². The van der Waals surface area contributed by atoms with Crippen molar-refractivity contribution in [2.45, 2.75) is 6.92 Å². The molecule has 0 atom stereocenters. The van der Waals surface area contributed by atoms with Gasteiger partial charge in [0.1, 0.15) is 0 Å². The molecule has 0 aliphatic rings. The van der Waals surface area contributed by atoms with Crippen molar-refractivity contribution in [2.75, 3.05) is 0 Å². The van der Waals surface area contributed by atoms with Gasteiger partial charge in [0.2, 0.25) is 0 Å². The lowest BCUT2D eigenvalue weighted by Gasteiger charge is -1.91. The molecule has 4 nitrogen and oxygen atoms in total. The van der Waals surface area contributed by atoms with E-state index in [9.17, 15) is 4.79 Å². The lowest BCUT2D eigenvalue weighted by molar-refractivity contribution is 0.0927. The summed E-state index contributed by atoms with van der Waals surface area (Å²) in [6, 6.07) is 3.21. The molecule has 0 bridgehead atoms. The van der Waals surface area contributed by atoms with Gasteiger partial charge in [0.25, 0.3) is 0 Å². The number of amides is 1. The molecule has 0 aromatic carbocycles. The quantitative estimate of drug-likeness (QED) is 0.508. The molecule has 0 fully saturated rings. The van der Waals surface area contributed by atoms with Crippen LogP contribution in [0.15, 0.2) is 27.9 Å². The third-order valence-electron chi connectivity index (χ3n) is 1.04. The van der Waals surface area contributed by atoms with Gasteiger partial charge in [0, 0.05) is 6.21 Å². The summed E-state index contributed by atoms with van der Waals surface area (Å²) in [5.41, 5.74) is 2.27. The van der Waals surface area contributed by atoms with Crippen molar-refractivity contribution in [3.63, 3.8) is 0 Å². The van der Waals surface area contributed by atoms with E-state index < -0.39 is 0 Å². The van der Waals surface area contributed by atoms with Gasteiger partial charge in [-0.05, 0) is 19.1 Å². The molecule has 0 unspecified atom stereocenters. The number of nitrogens with zero attached hydrogens (tertiary/aromatic N) is 1. The number of furan rings is 1. The molecule has 0 spiro atoms. The van der Waals surface area contributed by atoms with Crippen molar-refractivity contribution >= 4 is 12.1 Å². The van der Waals surface area contributed by atoms with Gasteiger partial charge in [-0.2, -0.15) is 5.10 Å². The van der Waals surface area contributed by atoms with E-state index in [4.69, 9.17) is 4.42 Å². The maximum atomic E-state index is 10.9. The predicted molar refractivity (Wildman–Crippen MR) is 40.3 cm³/mol. The summed E-state index contributed by atoms with van der Waals surface area (Å²) in [6.45, 7) is 1.71. The second kappa shape index (κ2) is 3.55. The number of rotatable bonds is 2. The minimum Gasteiger partial charge on any atom is -0.459 e. The Morgan fingerprint density at radius 1 is 1.82 bits per heavy atom. The Hall–Kier alpha value is -1.58. The zero-order valence-electron chi connectivity index (χ0n) is 6.07. The first-order valence-electron chi connectivity index (χ1n) is 3.16. The number of carbonyl (C=O) groups excluding carboxylic acids is 1. The maximum absolute atomic E-state index is 10.9. The zero-order valence-corrected chi connectivity index (χ0v) is 6.07. The molecular weight excluding hydrogens is 144 g/mol. The van der Waals surface area contributed by atoms with Gasteiger partial charge in [-0.1, -0.05) is 0 Å². The molecule has 58 valence electrons. The van der Waals surface area contributed by atoms with Crippen molar-refractivity contribution in [1.29, 1.82) is 0 Å². The minimum atomic E-state index is -0.340. The molecule has 1 N–H and O–H groups in total.